The Morgan fingerprint density at radius 2 is 2.20 bits per heavy atom. The highest BCUT2D eigenvalue weighted by Gasteiger charge is 2.11. The van der Waals surface area contributed by atoms with E-state index in [9.17, 15) is 9.90 Å². The molecule has 0 saturated carbocycles. The summed E-state index contributed by atoms with van der Waals surface area (Å²) in [6.45, 7) is 1.62. The van der Waals surface area contributed by atoms with Gasteiger partial charge in [0.25, 0.3) is 0 Å². The minimum absolute atomic E-state index is 0.241. The first kappa shape index (κ1) is 11.7. The molecule has 2 unspecified atom stereocenters. The van der Waals surface area contributed by atoms with Gasteiger partial charge < -0.3 is 15.9 Å². The van der Waals surface area contributed by atoms with E-state index < -0.39 is 12.1 Å². The zero-order valence-corrected chi connectivity index (χ0v) is 8.55. The van der Waals surface area contributed by atoms with E-state index in [1.54, 1.807) is 25.1 Å². The highest BCUT2D eigenvalue weighted by atomic mass is 16.4. The van der Waals surface area contributed by atoms with Gasteiger partial charge in [-0.2, -0.15) is 0 Å². The molecule has 1 aromatic carbocycles. The monoisotopic (exact) mass is 209 g/mol. The average Bonchev–Trinajstić information content (AvgIpc) is 2.18. The summed E-state index contributed by atoms with van der Waals surface area (Å²) < 4.78 is 0. The molecule has 82 valence electrons. The van der Waals surface area contributed by atoms with Gasteiger partial charge in [-0.15, -0.1) is 0 Å². The van der Waals surface area contributed by atoms with Gasteiger partial charge in [-0.3, -0.25) is 0 Å². The predicted octanol–water partition coefficient (Wildman–Crippen LogP) is 0.635. The van der Waals surface area contributed by atoms with Crippen LogP contribution < -0.4 is 5.73 Å². The Balaban J connectivity index is 2.78. The molecular formula is C11H15NO3. The van der Waals surface area contributed by atoms with Crippen LogP contribution in [-0.4, -0.2) is 28.3 Å². The second-order valence-corrected chi connectivity index (χ2v) is 3.61. The molecule has 0 radical (unpaired) electrons. The Morgan fingerprint density at radius 3 is 2.73 bits per heavy atom. The summed E-state index contributed by atoms with van der Waals surface area (Å²) in [4.78, 5) is 10.7. The molecule has 0 aliphatic carbocycles. The van der Waals surface area contributed by atoms with Crippen LogP contribution in [0, 0.1) is 0 Å². The van der Waals surface area contributed by atoms with Gasteiger partial charge in [-0.25, -0.2) is 4.79 Å². The zero-order chi connectivity index (χ0) is 11.4. The standard InChI is InChI=1S/C11H15NO3/c1-7(13)10(12)6-8-3-2-4-9(5-8)11(14)15/h2-5,7,10,13H,6,12H2,1H3,(H,14,15). The summed E-state index contributed by atoms with van der Waals surface area (Å²) in [6, 6.07) is 6.21. The number of carbonyl (C=O) groups is 1. The van der Waals surface area contributed by atoms with Crippen LogP contribution in [-0.2, 0) is 6.42 Å². The first-order valence-corrected chi connectivity index (χ1v) is 4.76. The van der Waals surface area contributed by atoms with Crippen LogP contribution in [0.2, 0.25) is 0 Å². The number of aliphatic hydroxyl groups is 1. The number of rotatable bonds is 4. The number of benzene rings is 1. The van der Waals surface area contributed by atoms with Crippen molar-refractivity contribution < 1.29 is 15.0 Å². The third-order valence-corrected chi connectivity index (χ3v) is 2.26. The van der Waals surface area contributed by atoms with Crippen molar-refractivity contribution in [3.63, 3.8) is 0 Å². The third-order valence-electron chi connectivity index (χ3n) is 2.26. The number of hydrogen-bond acceptors (Lipinski definition) is 3. The maximum atomic E-state index is 10.7. The van der Waals surface area contributed by atoms with Gasteiger partial charge in [0.2, 0.25) is 0 Å². The van der Waals surface area contributed by atoms with Crippen LogP contribution in [0.5, 0.6) is 0 Å². The van der Waals surface area contributed by atoms with Crippen molar-refractivity contribution >= 4 is 5.97 Å². The molecule has 4 nitrogen and oxygen atoms in total. The molecule has 0 spiro atoms. The fourth-order valence-electron chi connectivity index (χ4n) is 1.27. The summed E-state index contributed by atoms with van der Waals surface area (Å²) in [5, 5.41) is 18.0. The van der Waals surface area contributed by atoms with E-state index in [0.717, 1.165) is 5.56 Å². The smallest absolute Gasteiger partial charge is 0.335 e. The van der Waals surface area contributed by atoms with Gasteiger partial charge in [0.1, 0.15) is 0 Å². The van der Waals surface area contributed by atoms with Crippen molar-refractivity contribution in [2.24, 2.45) is 5.73 Å². The lowest BCUT2D eigenvalue weighted by Crippen LogP contribution is -2.34. The van der Waals surface area contributed by atoms with Gasteiger partial charge in [0, 0.05) is 6.04 Å². The summed E-state index contributed by atoms with van der Waals surface area (Å²) in [6.07, 6.45) is -0.128. The lowest BCUT2D eigenvalue weighted by molar-refractivity contribution is 0.0696. The van der Waals surface area contributed by atoms with Gasteiger partial charge in [0.05, 0.1) is 11.7 Å². The van der Waals surface area contributed by atoms with E-state index in [2.05, 4.69) is 0 Å². The Labute approximate surface area is 88.3 Å². The van der Waals surface area contributed by atoms with Gasteiger partial charge in [-0.1, -0.05) is 12.1 Å². The first-order chi connectivity index (χ1) is 7.00. The molecule has 0 amide bonds. The molecule has 1 aromatic rings. The quantitative estimate of drug-likeness (QED) is 0.679. The molecule has 0 aromatic heterocycles. The third kappa shape index (κ3) is 3.34. The highest BCUT2D eigenvalue weighted by Crippen LogP contribution is 2.08. The maximum Gasteiger partial charge on any atom is 0.335 e. The molecule has 0 aliphatic heterocycles. The molecule has 1 rings (SSSR count). The minimum atomic E-state index is -0.956. The number of nitrogens with two attached hydrogens (primary N) is 1. The molecule has 0 fully saturated rings. The van der Waals surface area contributed by atoms with Crippen molar-refractivity contribution in [2.75, 3.05) is 0 Å². The van der Waals surface area contributed by atoms with Crippen molar-refractivity contribution in [3.8, 4) is 0 Å². The maximum absolute atomic E-state index is 10.7. The first-order valence-electron chi connectivity index (χ1n) is 4.76. The Kier molecular flexibility index (Phi) is 3.82. The predicted molar refractivity (Wildman–Crippen MR) is 56.8 cm³/mol. The van der Waals surface area contributed by atoms with Crippen molar-refractivity contribution in [1.82, 2.24) is 0 Å². The fraction of sp³-hybridized carbons (Fsp3) is 0.364. The molecule has 15 heavy (non-hydrogen) atoms. The number of aromatic carboxylic acids is 1. The van der Waals surface area contributed by atoms with E-state index in [0.29, 0.717) is 6.42 Å². The van der Waals surface area contributed by atoms with Crippen molar-refractivity contribution in [3.05, 3.63) is 35.4 Å². The van der Waals surface area contributed by atoms with Crippen LogP contribution in [0.4, 0.5) is 0 Å². The Bertz CT molecular complexity index is 349. The molecule has 2 atom stereocenters. The number of hydrogen-bond donors (Lipinski definition) is 3. The lowest BCUT2D eigenvalue weighted by Gasteiger charge is -2.14. The van der Waals surface area contributed by atoms with E-state index in [4.69, 9.17) is 10.8 Å². The van der Waals surface area contributed by atoms with E-state index in [1.807, 2.05) is 0 Å². The van der Waals surface area contributed by atoms with Crippen LogP contribution in [0.3, 0.4) is 0 Å². The molecule has 0 aliphatic rings. The fourth-order valence-corrected chi connectivity index (χ4v) is 1.27. The van der Waals surface area contributed by atoms with Crippen LogP contribution >= 0.6 is 0 Å². The molecule has 0 heterocycles. The summed E-state index contributed by atoms with van der Waals surface area (Å²) in [5.41, 5.74) is 6.74. The summed E-state index contributed by atoms with van der Waals surface area (Å²) >= 11 is 0. The topological polar surface area (TPSA) is 83.5 Å². The number of carboxylic acids is 1. The molecule has 0 bridgehead atoms. The van der Waals surface area contributed by atoms with Crippen LogP contribution in [0.15, 0.2) is 24.3 Å². The van der Waals surface area contributed by atoms with Crippen molar-refractivity contribution in [2.45, 2.75) is 25.5 Å². The van der Waals surface area contributed by atoms with Crippen LogP contribution in [0.25, 0.3) is 0 Å². The van der Waals surface area contributed by atoms with E-state index in [1.165, 1.54) is 6.07 Å². The van der Waals surface area contributed by atoms with Gasteiger partial charge >= 0.3 is 5.97 Å². The summed E-state index contributed by atoms with van der Waals surface area (Å²) in [7, 11) is 0. The molecule has 4 N–H and O–H groups in total. The summed E-state index contributed by atoms with van der Waals surface area (Å²) in [5.74, 6) is -0.956. The lowest BCUT2D eigenvalue weighted by atomic mass is 10.0. The minimum Gasteiger partial charge on any atom is -0.478 e. The SMILES string of the molecule is CC(O)C(N)Cc1cccc(C(=O)O)c1. The van der Waals surface area contributed by atoms with Gasteiger partial charge in [-0.05, 0) is 31.0 Å². The van der Waals surface area contributed by atoms with Gasteiger partial charge in [0.15, 0.2) is 0 Å². The second kappa shape index (κ2) is 4.91. The average molecular weight is 209 g/mol. The number of carboxylic acid groups (broad SMARTS) is 1. The van der Waals surface area contributed by atoms with E-state index in [-0.39, 0.29) is 11.6 Å². The zero-order valence-electron chi connectivity index (χ0n) is 8.55. The Hall–Kier alpha value is -1.39. The van der Waals surface area contributed by atoms with E-state index >= 15 is 0 Å². The Morgan fingerprint density at radius 1 is 1.53 bits per heavy atom. The normalized spacial score (nSPS) is 14.6. The van der Waals surface area contributed by atoms with Crippen molar-refractivity contribution in [1.29, 1.82) is 0 Å². The second-order valence-electron chi connectivity index (χ2n) is 3.61. The van der Waals surface area contributed by atoms with Crippen LogP contribution in [0.1, 0.15) is 22.8 Å². The number of aliphatic hydroxyl groups excluding tert-OH is 1. The largest absolute Gasteiger partial charge is 0.478 e. The highest BCUT2D eigenvalue weighted by molar-refractivity contribution is 5.87. The molecule has 0 saturated heterocycles. The molecular weight excluding hydrogens is 194 g/mol. The molecule has 4 heteroatoms.